The number of carboxylic acid groups (broad SMARTS) is 1. The van der Waals surface area contributed by atoms with Crippen LogP contribution < -0.4 is 0 Å². The van der Waals surface area contributed by atoms with E-state index in [2.05, 4.69) is 6.92 Å². The van der Waals surface area contributed by atoms with Gasteiger partial charge in [0.05, 0.1) is 99.1 Å². The van der Waals surface area contributed by atoms with Gasteiger partial charge in [-0.15, -0.1) is 0 Å². The van der Waals surface area contributed by atoms with E-state index in [1.807, 2.05) is 0 Å². The summed E-state index contributed by atoms with van der Waals surface area (Å²) < 4.78 is 48.9. The molecule has 0 atom stereocenters. The summed E-state index contributed by atoms with van der Waals surface area (Å²) in [6.07, 6.45) is 19.0. The number of aliphatic carboxylic acids is 1. The molecule has 0 bridgehead atoms. The molecule has 0 spiro atoms. The first-order chi connectivity index (χ1) is 24.2. The van der Waals surface area contributed by atoms with Gasteiger partial charge in [0.25, 0.3) is 0 Å². The molecule has 0 aliphatic heterocycles. The summed E-state index contributed by atoms with van der Waals surface area (Å²) in [5.41, 5.74) is 0. The molecule has 49 heavy (non-hydrogen) atoms. The standard InChI is InChI=1S/C37H72O12/c1-2-3-4-5-6-7-8-9-10-11-12-13-16-19-41-20-21-42-22-23-43-24-25-44-26-27-45-28-29-46-30-31-47-32-33-48-34-35-49-37(40)18-15-14-17-36(38)39/h2-35H2,1H3,(H,38,39). The van der Waals surface area contributed by atoms with Crippen LogP contribution in [0.2, 0.25) is 0 Å². The zero-order chi connectivity index (χ0) is 35.6. The molecule has 0 unspecified atom stereocenters. The molecule has 1 N–H and O–H groups in total. The number of hydrogen-bond donors (Lipinski definition) is 1. The van der Waals surface area contributed by atoms with Gasteiger partial charge < -0.3 is 47.7 Å². The van der Waals surface area contributed by atoms with E-state index in [0.29, 0.717) is 112 Å². The number of carboxylic acids is 1. The zero-order valence-electron chi connectivity index (χ0n) is 31.0. The fraction of sp³-hybridized carbons (Fsp3) is 0.946. The normalized spacial score (nSPS) is 11.4. The molecule has 0 fully saturated rings. The third-order valence-electron chi connectivity index (χ3n) is 7.51. The summed E-state index contributed by atoms with van der Waals surface area (Å²) >= 11 is 0. The Bertz CT molecular complexity index is 667. The van der Waals surface area contributed by atoms with E-state index in [-0.39, 0.29) is 25.4 Å². The Hall–Kier alpha value is -1.38. The van der Waals surface area contributed by atoms with Crippen LogP contribution in [0.1, 0.15) is 116 Å². The average molecular weight is 709 g/mol. The molecule has 0 aliphatic rings. The van der Waals surface area contributed by atoms with E-state index in [9.17, 15) is 9.59 Å². The maximum absolute atomic E-state index is 11.5. The number of unbranched alkanes of at least 4 members (excludes halogenated alkanes) is 13. The van der Waals surface area contributed by atoms with Gasteiger partial charge in [-0.25, -0.2) is 0 Å². The molecule has 0 saturated heterocycles. The molecule has 0 heterocycles. The van der Waals surface area contributed by atoms with Crippen LogP contribution in [0.15, 0.2) is 0 Å². The molecule has 0 aliphatic carbocycles. The van der Waals surface area contributed by atoms with Crippen molar-refractivity contribution in [3.05, 3.63) is 0 Å². The van der Waals surface area contributed by atoms with Crippen LogP contribution in [0.25, 0.3) is 0 Å². The highest BCUT2D eigenvalue weighted by atomic mass is 16.6. The Morgan fingerprint density at radius 3 is 0.980 bits per heavy atom. The SMILES string of the molecule is CCCCCCCCCCCCCCCOCCOCCOCCOCCOCCOCCOCCOCCOC(=O)CCCCC(=O)O. The number of hydrogen-bond acceptors (Lipinski definition) is 11. The summed E-state index contributed by atoms with van der Waals surface area (Å²) in [5.74, 6) is -1.20. The molecule has 0 aromatic rings. The van der Waals surface area contributed by atoms with Crippen LogP contribution in [-0.4, -0.2) is 129 Å². The number of esters is 1. The van der Waals surface area contributed by atoms with Gasteiger partial charge in [-0.05, 0) is 19.3 Å². The van der Waals surface area contributed by atoms with Gasteiger partial charge in [0.1, 0.15) is 6.61 Å². The topological polar surface area (TPSA) is 137 Å². The molecular weight excluding hydrogens is 636 g/mol. The van der Waals surface area contributed by atoms with Gasteiger partial charge in [-0.3, -0.25) is 9.59 Å². The first-order valence-corrected chi connectivity index (χ1v) is 19.2. The lowest BCUT2D eigenvalue weighted by Gasteiger charge is -2.09. The van der Waals surface area contributed by atoms with Crippen LogP contribution in [-0.2, 0) is 52.2 Å². The van der Waals surface area contributed by atoms with Crippen molar-refractivity contribution < 1.29 is 57.3 Å². The first kappa shape index (κ1) is 47.6. The fourth-order valence-corrected chi connectivity index (χ4v) is 4.70. The van der Waals surface area contributed by atoms with Crippen LogP contribution >= 0.6 is 0 Å². The van der Waals surface area contributed by atoms with Crippen molar-refractivity contribution >= 4 is 11.9 Å². The van der Waals surface area contributed by atoms with Crippen LogP contribution in [0, 0.1) is 0 Å². The third-order valence-corrected chi connectivity index (χ3v) is 7.51. The van der Waals surface area contributed by atoms with Crippen LogP contribution in [0.4, 0.5) is 0 Å². The third kappa shape index (κ3) is 44.6. The van der Waals surface area contributed by atoms with Crippen molar-refractivity contribution in [2.75, 3.05) is 112 Å². The summed E-state index contributed by atoms with van der Waals surface area (Å²) in [6, 6.07) is 0. The molecular formula is C37H72O12. The van der Waals surface area contributed by atoms with E-state index >= 15 is 0 Å². The maximum atomic E-state index is 11.5. The van der Waals surface area contributed by atoms with Gasteiger partial charge in [-0.1, -0.05) is 84.0 Å². The lowest BCUT2D eigenvalue weighted by Crippen LogP contribution is -2.15. The molecule has 0 amide bonds. The number of rotatable bonds is 43. The Balaban J connectivity index is 3.09. The second-order valence-corrected chi connectivity index (χ2v) is 12.0. The number of ether oxygens (including phenoxy) is 9. The lowest BCUT2D eigenvalue weighted by molar-refractivity contribution is -0.146. The van der Waals surface area contributed by atoms with Crippen LogP contribution in [0.3, 0.4) is 0 Å². The summed E-state index contributed by atoms with van der Waals surface area (Å²) in [7, 11) is 0. The van der Waals surface area contributed by atoms with Crippen molar-refractivity contribution in [2.24, 2.45) is 0 Å². The minimum absolute atomic E-state index is 0.0654. The van der Waals surface area contributed by atoms with Gasteiger partial charge in [0, 0.05) is 19.4 Å². The van der Waals surface area contributed by atoms with E-state index < -0.39 is 5.97 Å². The van der Waals surface area contributed by atoms with Crippen molar-refractivity contribution in [3.8, 4) is 0 Å². The molecule has 0 radical (unpaired) electrons. The Morgan fingerprint density at radius 2 is 0.633 bits per heavy atom. The van der Waals surface area contributed by atoms with Crippen molar-refractivity contribution in [2.45, 2.75) is 116 Å². The summed E-state index contributed by atoms with van der Waals surface area (Å²) in [6.45, 7) is 10.7. The Morgan fingerprint density at radius 1 is 0.347 bits per heavy atom. The summed E-state index contributed by atoms with van der Waals surface area (Å²) in [5, 5.41) is 8.55. The van der Waals surface area contributed by atoms with Crippen molar-refractivity contribution in [1.82, 2.24) is 0 Å². The summed E-state index contributed by atoms with van der Waals surface area (Å²) in [4.78, 5) is 21.9. The number of carbonyl (C=O) groups excluding carboxylic acids is 1. The zero-order valence-corrected chi connectivity index (χ0v) is 31.0. The van der Waals surface area contributed by atoms with Crippen LogP contribution in [0.5, 0.6) is 0 Å². The van der Waals surface area contributed by atoms with E-state index in [0.717, 1.165) is 13.0 Å². The second kappa shape index (κ2) is 42.8. The van der Waals surface area contributed by atoms with Gasteiger partial charge in [0.15, 0.2) is 0 Å². The van der Waals surface area contributed by atoms with Gasteiger partial charge in [0.2, 0.25) is 0 Å². The lowest BCUT2D eigenvalue weighted by atomic mass is 10.0. The first-order valence-electron chi connectivity index (χ1n) is 19.2. The molecule has 0 aromatic heterocycles. The van der Waals surface area contributed by atoms with Crippen molar-refractivity contribution in [3.63, 3.8) is 0 Å². The van der Waals surface area contributed by atoms with E-state index in [4.69, 9.17) is 47.7 Å². The Kier molecular flexibility index (Phi) is 41.6. The predicted molar refractivity (Wildman–Crippen MR) is 189 cm³/mol. The molecule has 0 rings (SSSR count). The fourth-order valence-electron chi connectivity index (χ4n) is 4.70. The largest absolute Gasteiger partial charge is 0.481 e. The highest BCUT2D eigenvalue weighted by molar-refractivity contribution is 5.69. The molecule has 292 valence electrons. The van der Waals surface area contributed by atoms with Gasteiger partial charge >= 0.3 is 11.9 Å². The van der Waals surface area contributed by atoms with Gasteiger partial charge in [-0.2, -0.15) is 0 Å². The minimum atomic E-state index is -0.858. The smallest absolute Gasteiger partial charge is 0.305 e. The molecule has 0 saturated carbocycles. The van der Waals surface area contributed by atoms with E-state index in [1.54, 1.807) is 0 Å². The average Bonchev–Trinajstić information content (AvgIpc) is 3.09. The number of carbonyl (C=O) groups is 2. The second-order valence-electron chi connectivity index (χ2n) is 12.0. The highest BCUT2D eigenvalue weighted by Gasteiger charge is 2.04. The highest BCUT2D eigenvalue weighted by Crippen LogP contribution is 2.12. The Labute approximate surface area is 297 Å². The van der Waals surface area contributed by atoms with E-state index in [1.165, 1.54) is 77.0 Å². The monoisotopic (exact) mass is 709 g/mol. The minimum Gasteiger partial charge on any atom is -0.481 e. The van der Waals surface area contributed by atoms with Crippen molar-refractivity contribution in [1.29, 1.82) is 0 Å². The quantitative estimate of drug-likeness (QED) is 0.0554. The predicted octanol–water partition coefficient (Wildman–Crippen LogP) is 6.40. The molecule has 12 heteroatoms. The molecule has 12 nitrogen and oxygen atoms in total. The molecule has 0 aromatic carbocycles. The maximum Gasteiger partial charge on any atom is 0.305 e.